The van der Waals surface area contributed by atoms with Crippen molar-refractivity contribution in [2.75, 3.05) is 38.0 Å². The van der Waals surface area contributed by atoms with Crippen molar-refractivity contribution in [3.8, 4) is 0 Å². The second-order valence-corrected chi connectivity index (χ2v) is 8.74. The second kappa shape index (κ2) is 11.0. The molecule has 1 aliphatic rings. The fraction of sp³-hybridized carbons (Fsp3) is 0.296. The highest BCUT2D eigenvalue weighted by molar-refractivity contribution is 6.04. The van der Waals surface area contributed by atoms with Gasteiger partial charge in [-0.2, -0.15) is 0 Å². The number of hydrogen-bond acceptors (Lipinski definition) is 5. The first-order valence-corrected chi connectivity index (χ1v) is 11.7. The van der Waals surface area contributed by atoms with Gasteiger partial charge in [0.1, 0.15) is 5.76 Å². The van der Waals surface area contributed by atoms with Crippen LogP contribution in [0.1, 0.15) is 37.8 Å². The van der Waals surface area contributed by atoms with Crippen molar-refractivity contribution in [1.29, 1.82) is 0 Å². The van der Waals surface area contributed by atoms with Crippen LogP contribution in [-0.4, -0.2) is 60.2 Å². The Hall–Kier alpha value is -3.91. The van der Waals surface area contributed by atoms with Gasteiger partial charge in [0, 0.05) is 32.7 Å². The summed E-state index contributed by atoms with van der Waals surface area (Å²) in [6.07, 6.45) is 0. The van der Waals surface area contributed by atoms with Crippen LogP contribution < -0.4 is 10.6 Å². The number of para-hydroxylation sites is 1. The third kappa shape index (κ3) is 6.36. The number of carbonyl (C=O) groups is 3. The van der Waals surface area contributed by atoms with Crippen LogP contribution in [0.2, 0.25) is 0 Å². The van der Waals surface area contributed by atoms with E-state index in [2.05, 4.69) is 10.6 Å². The molecular formula is C27H30N4O4. The number of carbonyl (C=O) groups excluding carboxylic acids is 3. The monoisotopic (exact) mass is 474 g/mol. The van der Waals surface area contributed by atoms with Crippen LogP contribution in [0.5, 0.6) is 0 Å². The lowest BCUT2D eigenvalue weighted by Crippen LogP contribution is -2.50. The Labute approximate surface area is 204 Å². The van der Waals surface area contributed by atoms with E-state index in [0.29, 0.717) is 55.5 Å². The highest BCUT2D eigenvalue weighted by Crippen LogP contribution is 2.16. The van der Waals surface area contributed by atoms with Crippen molar-refractivity contribution in [3.05, 3.63) is 88.9 Å². The number of amides is 3. The molecule has 0 saturated carbocycles. The third-order valence-electron chi connectivity index (χ3n) is 6.00. The molecule has 0 unspecified atom stereocenters. The average molecular weight is 475 g/mol. The molecule has 0 radical (unpaired) electrons. The summed E-state index contributed by atoms with van der Waals surface area (Å²) >= 11 is 0. The molecule has 4 rings (SSSR count). The molecule has 35 heavy (non-hydrogen) atoms. The van der Waals surface area contributed by atoms with E-state index in [1.54, 1.807) is 48.2 Å². The van der Waals surface area contributed by atoms with Crippen molar-refractivity contribution in [2.45, 2.75) is 20.4 Å². The van der Waals surface area contributed by atoms with Gasteiger partial charge in [-0.15, -0.1) is 0 Å². The predicted molar refractivity (Wildman–Crippen MR) is 133 cm³/mol. The van der Waals surface area contributed by atoms with Crippen molar-refractivity contribution < 1.29 is 18.8 Å². The molecule has 0 spiro atoms. The van der Waals surface area contributed by atoms with Crippen LogP contribution in [0, 0.1) is 13.8 Å². The van der Waals surface area contributed by atoms with Gasteiger partial charge in [-0.1, -0.05) is 42.0 Å². The number of nitrogens with zero attached hydrogens (tertiary/aromatic N) is 2. The Kier molecular flexibility index (Phi) is 7.62. The maximum atomic E-state index is 12.8. The molecule has 1 saturated heterocycles. The van der Waals surface area contributed by atoms with Gasteiger partial charge in [0.2, 0.25) is 5.91 Å². The molecule has 1 aliphatic heterocycles. The minimum absolute atomic E-state index is 0.132. The Bertz CT molecular complexity index is 1190. The topological polar surface area (TPSA) is 94.9 Å². The smallest absolute Gasteiger partial charge is 0.289 e. The van der Waals surface area contributed by atoms with E-state index in [1.807, 2.05) is 36.1 Å². The number of aryl methyl sites for hydroxylation is 2. The van der Waals surface area contributed by atoms with Crippen LogP contribution in [0.25, 0.3) is 0 Å². The minimum Gasteiger partial charge on any atom is -0.456 e. The normalized spacial score (nSPS) is 13.9. The summed E-state index contributed by atoms with van der Waals surface area (Å²) in [7, 11) is 0. The quantitative estimate of drug-likeness (QED) is 0.548. The summed E-state index contributed by atoms with van der Waals surface area (Å²) in [5.74, 6) is 0.457. The first kappa shape index (κ1) is 24.2. The molecule has 1 fully saturated rings. The number of piperazine rings is 1. The number of hydrogen-bond donors (Lipinski definition) is 2. The van der Waals surface area contributed by atoms with Crippen molar-refractivity contribution in [3.63, 3.8) is 0 Å². The Morgan fingerprint density at radius 1 is 0.886 bits per heavy atom. The van der Waals surface area contributed by atoms with Gasteiger partial charge < -0.3 is 20.0 Å². The van der Waals surface area contributed by atoms with E-state index in [1.165, 1.54) is 0 Å². The van der Waals surface area contributed by atoms with Crippen molar-refractivity contribution in [1.82, 2.24) is 15.1 Å². The number of benzene rings is 2. The Balaban J connectivity index is 1.28. The van der Waals surface area contributed by atoms with Gasteiger partial charge in [-0.25, -0.2) is 0 Å². The summed E-state index contributed by atoms with van der Waals surface area (Å²) < 4.78 is 5.43. The first-order chi connectivity index (χ1) is 16.9. The SMILES string of the molecule is Cc1ccc(CNC(=O)c2ccccc2NC(=O)CN2CCN(C(=O)c3ccc(C)o3)CC2)cc1. The largest absolute Gasteiger partial charge is 0.456 e. The summed E-state index contributed by atoms with van der Waals surface area (Å²) in [4.78, 5) is 41.8. The zero-order valence-corrected chi connectivity index (χ0v) is 20.0. The Morgan fingerprint density at radius 2 is 1.60 bits per heavy atom. The number of furan rings is 1. The fourth-order valence-electron chi connectivity index (χ4n) is 3.98. The molecule has 2 N–H and O–H groups in total. The van der Waals surface area contributed by atoms with Crippen LogP contribution in [0.4, 0.5) is 5.69 Å². The van der Waals surface area contributed by atoms with Gasteiger partial charge in [0.25, 0.3) is 11.8 Å². The molecular weight excluding hydrogens is 444 g/mol. The van der Waals surface area contributed by atoms with Crippen LogP contribution in [0.3, 0.4) is 0 Å². The van der Waals surface area contributed by atoms with Gasteiger partial charge in [0.05, 0.1) is 17.8 Å². The number of rotatable bonds is 7. The second-order valence-electron chi connectivity index (χ2n) is 8.74. The van der Waals surface area contributed by atoms with Crippen LogP contribution in [0.15, 0.2) is 65.1 Å². The summed E-state index contributed by atoms with van der Waals surface area (Å²) in [6.45, 7) is 6.60. The summed E-state index contributed by atoms with van der Waals surface area (Å²) in [6, 6.07) is 18.4. The highest BCUT2D eigenvalue weighted by Gasteiger charge is 2.25. The van der Waals surface area contributed by atoms with Crippen LogP contribution in [-0.2, 0) is 11.3 Å². The number of nitrogens with one attached hydrogen (secondary N) is 2. The van der Waals surface area contributed by atoms with Crippen molar-refractivity contribution >= 4 is 23.4 Å². The standard InChI is InChI=1S/C27H30N4O4/c1-19-7-10-21(11-8-19)17-28-26(33)22-5-3-4-6-23(22)29-25(32)18-30-13-15-31(16-14-30)27(34)24-12-9-20(2)35-24/h3-12H,13-18H2,1-2H3,(H,28,33)(H,29,32). The lowest BCUT2D eigenvalue weighted by molar-refractivity contribution is -0.117. The zero-order valence-electron chi connectivity index (χ0n) is 20.0. The van der Waals surface area contributed by atoms with Gasteiger partial charge in [0.15, 0.2) is 5.76 Å². The van der Waals surface area contributed by atoms with Crippen LogP contribution >= 0.6 is 0 Å². The molecule has 182 valence electrons. The number of anilines is 1. The van der Waals surface area contributed by atoms with E-state index in [-0.39, 0.29) is 24.3 Å². The van der Waals surface area contributed by atoms with E-state index in [0.717, 1.165) is 11.1 Å². The average Bonchev–Trinajstić information content (AvgIpc) is 3.30. The molecule has 0 atom stereocenters. The zero-order chi connectivity index (χ0) is 24.8. The molecule has 2 aromatic carbocycles. The minimum atomic E-state index is -0.248. The Morgan fingerprint density at radius 3 is 2.29 bits per heavy atom. The van der Waals surface area contributed by atoms with E-state index in [4.69, 9.17) is 4.42 Å². The van der Waals surface area contributed by atoms with Crippen molar-refractivity contribution in [2.24, 2.45) is 0 Å². The predicted octanol–water partition coefficient (Wildman–Crippen LogP) is 3.22. The lowest BCUT2D eigenvalue weighted by atomic mass is 10.1. The van der Waals surface area contributed by atoms with E-state index in [9.17, 15) is 14.4 Å². The lowest BCUT2D eigenvalue weighted by Gasteiger charge is -2.33. The molecule has 3 aromatic rings. The highest BCUT2D eigenvalue weighted by atomic mass is 16.3. The molecule has 8 heteroatoms. The molecule has 0 aliphatic carbocycles. The van der Waals surface area contributed by atoms with Gasteiger partial charge >= 0.3 is 0 Å². The van der Waals surface area contributed by atoms with Gasteiger partial charge in [-0.3, -0.25) is 19.3 Å². The summed E-state index contributed by atoms with van der Waals surface area (Å²) in [5.41, 5.74) is 3.05. The maximum Gasteiger partial charge on any atom is 0.289 e. The van der Waals surface area contributed by atoms with Gasteiger partial charge in [-0.05, 0) is 43.7 Å². The van der Waals surface area contributed by atoms with E-state index < -0.39 is 0 Å². The first-order valence-electron chi connectivity index (χ1n) is 11.7. The maximum absolute atomic E-state index is 12.8. The summed E-state index contributed by atoms with van der Waals surface area (Å²) in [5, 5.41) is 5.78. The van der Waals surface area contributed by atoms with E-state index >= 15 is 0 Å². The molecule has 1 aromatic heterocycles. The third-order valence-corrected chi connectivity index (χ3v) is 6.00. The molecule has 0 bridgehead atoms. The molecule has 3 amide bonds. The fourth-order valence-corrected chi connectivity index (χ4v) is 3.98. The molecule has 8 nitrogen and oxygen atoms in total. The molecule has 2 heterocycles.